The van der Waals surface area contributed by atoms with E-state index < -0.39 is 15.7 Å². The number of nitrogens with one attached hydrogen (secondary N) is 2. The molecule has 1 fully saturated rings. The topological polar surface area (TPSA) is 146 Å². The molecule has 0 aliphatic carbocycles. The van der Waals surface area contributed by atoms with E-state index in [1.54, 1.807) is 31.3 Å². The van der Waals surface area contributed by atoms with E-state index in [-0.39, 0.29) is 46.6 Å². The van der Waals surface area contributed by atoms with E-state index in [1.807, 2.05) is 0 Å². The maximum Gasteiger partial charge on any atom is 0.196 e. The van der Waals surface area contributed by atoms with Crippen LogP contribution < -0.4 is 10.1 Å². The number of aromatic amines is 1. The highest BCUT2D eigenvalue weighted by Crippen LogP contribution is 2.36. The molecule has 5 aromatic rings. The Morgan fingerprint density at radius 2 is 2.02 bits per heavy atom. The van der Waals surface area contributed by atoms with Crippen molar-refractivity contribution < 1.29 is 36.2 Å². The van der Waals surface area contributed by atoms with Gasteiger partial charge in [-0.25, -0.2) is 22.8 Å². The lowest BCUT2D eigenvalue weighted by atomic mass is 10.0. The lowest BCUT2D eigenvalue weighted by molar-refractivity contribution is -0.0419. The van der Waals surface area contributed by atoms with Gasteiger partial charge in [-0.1, -0.05) is 11.6 Å². The number of H-pyrrole nitrogens is 1. The van der Waals surface area contributed by atoms with Gasteiger partial charge in [-0.3, -0.25) is 4.79 Å². The molecule has 236 valence electrons. The highest BCUT2D eigenvalue weighted by atomic mass is 35.5. The molecule has 11 nitrogen and oxygen atoms in total. The number of carbonyl (C=O) groups is 1. The molecular weight excluding hydrogens is 627 g/mol. The first kappa shape index (κ1) is 31.0. The first-order chi connectivity index (χ1) is 21.5. The summed E-state index contributed by atoms with van der Waals surface area (Å²) in [4.78, 5) is 25.5. The molecule has 2 N–H and O–H groups in total. The molecule has 2 atom stereocenters. The molecule has 1 saturated heterocycles. The summed E-state index contributed by atoms with van der Waals surface area (Å²) in [5.74, 6) is 0.729. The predicted molar refractivity (Wildman–Crippen MR) is 167 cm³/mol. The molecule has 0 saturated carbocycles. The Kier molecular flexibility index (Phi) is 8.78. The first-order valence-electron chi connectivity index (χ1n) is 14.2. The van der Waals surface area contributed by atoms with Crippen LogP contribution in [0, 0.1) is 12.7 Å². The zero-order valence-corrected chi connectivity index (χ0v) is 26.0. The second-order valence-electron chi connectivity index (χ2n) is 11.0. The number of sulfone groups is 1. The highest BCUT2D eigenvalue weighted by Gasteiger charge is 2.26. The summed E-state index contributed by atoms with van der Waals surface area (Å²) in [6.45, 7) is 2.58. The number of aryl methyl sites for hydroxylation is 1. The number of furan rings is 1. The van der Waals surface area contributed by atoms with Gasteiger partial charge in [-0.15, -0.1) is 0 Å². The van der Waals surface area contributed by atoms with Gasteiger partial charge in [0.15, 0.2) is 17.1 Å². The third kappa shape index (κ3) is 7.12. The third-order valence-electron chi connectivity index (χ3n) is 7.41. The van der Waals surface area contributed by atoms with Crippen LogP contribution in [0.4, 0.5) is 10.2 Å². The fraction of sp³-hybridized carbons (Fsp3) is 0.323. The van der Waals surface area contributed by atoms with Gasteiger partial charge in [-0.2, -0.15) is 0 Å². The maximum atomic E-state index is 14.2. The molecule has 3 aromatic heterocycles. The van der Waals surface area contributed by atoms with E-state index in [0.717, 1.165) is 6.42 Å². The van der Waals surface area contributed by atoms with E-state index in [0.29, 0.717) is 64.5 Å². The highest BCUT2D eigenvalue weighted by molar-refractivity contribution is 7.90. The van der Waals surface area contributed by atoms with Crippen LogP contribution in [-0.4, -0.2) is 73.1 Å². The van der Waals surface area contributed by atoms with Gasteiger partial charge < -0.3 is 28.9 Å². The summed E-state index contributed by atoms with van der Waals surface area (Å²) >= 11 is 6.58. The number of ether oxygens (including phenoxy) is 3. The molecule has 4 heterocycles. The van der Waals surface area contributed by atoms with Gasteiger partial charge in [0.1, 0.15) is 45.0 Å². The molecule has 0 unspecified atom stereocenters. The Balaban J connectivity index is 1.15. The van der Waals surface area contributed by atoms with Gasteiger partial charge >= 0.3 is 0 Å². The van der Waals surface area contributed by atoms with E-state index in [9.17, 15) is 17.6 Å². The number of rotatable bonds is 11. The Morgan fingerprint density at radius 3 is 2.78 bits per heavy atom. The molecule has 0 bridgehead atoms. The van der Waals surface area contributed by atoms with Crippen molar-refractivity contribution in [3.63, 3.8) is 0 Å². The Hall–Kier alpha value is -4.04. The van der Waals surface area contributed by atoms with Crippen LogP contribution in [0.3, 0.4) is 0 Å². The molecule has 0 spiro atoms. The van der Waals surface area contributed by atoms with Crippen LogP contribution >= 0.6 is 11.6 Å². The number of fused-ring (bicyclic) bond motifs is 2. The number of hydrogen-bond acceptors (Lipinski definition) is 10. The molecule has 45 heavy (non-hydrogen) atoms. The molecule has 1 aliphatic rings. The normalized spacial score (nSPS) is 17.2. The second kappa shape index (κ2) is 12.8. The Labute approximate surface area is 263 Å². The van der Waals surface area contributed by atoms with Crippen molar-refractivity contribution in [2.24, 2.45) is 0 Å². The molecule has 0 amide bonds. The lowest BCUT2D eigenvalue weighted by Gasteiger charge is -2.30. The fourth-order valence-electron chi connectivity index (χ4n) is 5.23. The largest absolute Gasteiger partial charge is 0.457 e. The SMILES string of the molecule is Cc1cc2cc(F)cc(Oc3ccc(C(=O)c4c[nH]c5ncnc(N[C@@H]6CC[C@@H](COCCS(C)(=O)=O)OC6)c45)c(Cl)c3)c2o1. The van der Waals surface area contributed by atoms with Crippen LogP contribution in [0.2, 0.25) is 5.02 Å². The lowest BCUT2D eigenvalue weighted by Crippen LogP contribution is -2.37. The number of hydrogen-bond donors (Lipinski definition) is 2. The maximum absolute atomic E-state index is 14.2. The van der Waals surface area contributed by atoms with Crippen LogP contribution in [0.15, 0.2) is 53.3 Å². The summed E-state index contributed by atoms with van der Waals surface area (Å²) in [5.41, 5.74) is 1.44. The average molecular weight is 657 g/mol. The number of ketones is 1. The Bertz CT molecular complexity index is 1990. The number of aromatic nitrogens is 3. The van der Waals surface area contributed by atoms with E-state index in [2.05, 4.69) is 20.3 Å². The average Bonchev–Trinajstić information content (AvgIpc) is 3.59. The summed E-state index contributed by atoms with van der Waals surface area (Å²) in [5, 5.41) is 4.61. The monoisotopic (exact) mass is 656 g/mol. The summed E-state index contributed by atoms with van der Waals surface area (Å²) in [6.07, 6.45) is 5.46. The van der Waals surface area contributed by atoms with Gasteiger partial charge in [0.25, 0.3) is 0 Å². The third-order valence-corrected chi connectivity index (χ3v) is 8.63. The molecule has 6 rings (SSSR count). The zero-order valence-electron chi connectivity index (χ0n) is 24.4. The Morgan fingerprint density at radius 1 is 1.18 bits per heavy atom. The van der Waals surface area contributed by atoms with Crippen molar-refractivity contribution >= 4 is 55.0 Å². The van der Waals surface area contributed by atoms with E-state index >= 15 is 0 Å². The van der Waals surface area contributed by atoms with Crippen LogP contribution in [-0.2, 0) is 19.3 Å². The van der Waals surface area contributed by atoms with Crippen molar-refractivity contribution in [1.82, 2.24) is 15.0 Å². The number of nitrogens with zero attached hydrogens (tertiary/aromatic N) is 2. The van der Waals surface area contributed by atoms with E-state index in [1.165, 1.54) is 30.8 Å². The number of halogens is 2. The fourth-order valence-corrected chi connectivity index (χ4v) is 5.90. The van der Waals surface area contributed by atoms with Crippen molar-refractivity contribution in [3.05, 3.63) is 76.6 Å². The number of benzene rings is 2. The minimum atomic E-state index is -3.08. The van der Waals surface area contributed by atoms with Crippen LogP contribution in [0.5, 0.6) is 11.5 Å². The van der Waals surface area contributed by atoms with Crippen LogP contribution in [0.25, 0.3) is 22.0 Å². The predicted octanol–water partition coefficient (Wildman–Crippen LogP) is 5.85. The molecular formula is C31H30ClFN4O7S. The molecule has 0 radical (unpaired) electrons. The standard InChI is InChI=1S/C31H30ClFN4O7S/c1-17-9-18-10-19(33)11-26(29(18)43-17)44-21-5-6-23(25(32)12-21)28(38)24-13-34-30-27(24)31(36-16-35-30)37-20-3-4-22(42-14-20)15-41-7-8-45(2,39)40/h5-6,9-13,16,20,22H,3-4,7-8,14-15H2,1-2H3,(H2,34,35,36,37)/t20-,22+/m1/s1. The number of anilines is 1. The van der Waals surface area contributed by atoms with Crippen molar-refractivity contribution in [3.8, 4) is 11.5 Å². The molecule has 14 heteroatoms. The molecule has 2 aromatic carbocycles. The smallest absolute Gasteiger partial charge is 0.196 e. The summed E-state index contributed by atoms with van der Waals surface area (Å²) in [7, 11) is -3.08. The van der Waals surface area contributed by atoms with E-state index in [4.69, 9.17) is 30.2 Å². The minimum Gasteiger partial charge on any atom is -0.457 e. The van der Waals surface area contributed by atoms with Gasteiger partial charge in [0.2, 0.25) is 0 Å². The zero-order chi connectivity index (χ0) is 31.7. The molecule has 1 aliphatic heterocycles. The number of carbonyl (C=O) groups excluding carboxylic acids is 1. The van der Waals surface area contributed by atoms with Gasteiger partial charge in [0.05, 0.1) is 53.7 Å². The summed E-state index contributed by atoms with van der Waals surface area (Å²) in [6, 6.07) is 8.85. The van der Waals surface area contributed by atoms with Gasteiger partial charge in [0, 0.05) is 35.5 Å². The first-order valence-corrected chi connectivity index (χ1v) is 16.7. The van der Waals surface area contributed by atoms with Crippen molar-refractivity contribution in [2.45, 2.75) is 31.9 Å². The minimum absolute atomic E-state index is 0.0297. The van der Waals surface area contributed by atoms with Crippen molar-refractivity contribution in [2.75, 3.05) is 37.1 Å². The van der Waals surface area contributed by atoms with Crippen LogP contribution in [0.1, 0.15) is 34.5 Å². The van der Waals surface area contributed by atoms with Gasteiger partial charge in [-0.05, 0) is 44.0 Å². The second-order valence-corrected chi connectivity index (χ2v) is 13.6. The summed E-state index contributed by atoms with van der Waals surface area (Å²) < 4.78 is 59.7. The quantitative estimate of drug-likeness (QED) is 0.131. The van der Waals surface area contributed by atoms with Crippen molar-refractivity contribution in [1.29, 1.82) is 0 Å².